The van der Waals surface area contributed by atoms with Gasteiger partial charge in [0.15, 0.2) is 0 Å². The smallest absolute Gasteiger partial charge is 0.333 e. The maximum Gasteiger partial charge on any atom is 0.333 e. The molecule has 98 valence electrons. The Bertz CT molecular complexity index is 293. The van der Waals surface area contributed by atoms with Crippen LogP contribution < -0.4 is 0 Å². The van der Waals surface area contributed by atoms with E-state index in [0.717, 1.165) is 25.5 Å². The van der Waals surface area contributed by atoms with E-state index in [0.29, 0.717) is 5.57 Å². The number of rotatable bonds is 4. The van der Waals surface area contributed by atoms with Gasteiger partial charge in [-0.2, -0.15) is 0 Å². The summed E-state index contributed by atoms with van der Waals surface area (Å²) < 4.78 is 11.6. The zero-order chi connectivity index (χ0) is 12.9. The van der Waals surface area contributed by atoms with Crippen LogP contribution in [0.25, 0.3) is 0 Å². The Morgan fingerprint density at radius 2 is 2.24 bits per heavy atom. The van der Waals surface area contributed by atoms with Gasteiger partial charge >= 0.3 is 5.97 Å². The molecule has 2 atom stereocenters. The fourth-order valence-corrected chi connectivity index (χ4v) is 5.62. The molecule has 1 fully saturated rings. The highest BCUT2D eigenvalue weighted by Gasteiger charge is 2.41. The molecule has 0 radical (unpaired) electrons. The molecule has 0 aromatic carbocycles. The van der Waals surface area contributed by atoms with Gasteiger partial charge in [-0.15, -0.1) is 0 Å². The summed E-state index contributed by atoms with van der Waals surface area (Å²) in [6, 6.07) is 1.10. The number of esters is 1. The normalized spacial score (nSPS) is 27.6. The molecule has 1 rings (SSSR count). The Hall–Kier alpha value is -0.613. The third-order valence-corrected chi connectivity index (χ3v) is 7.65. The van der Waals surface area contributed by atoms with Crippen molar-refractivity contribution in [2.75, 3.05) is 6.61 Å². The molecule has 0 spiro atoms. The quantitative estimate of drug-likeness (QED) is 0.440. The number of ether oxygens (including phenoxy) is 1. The minimum atomic E-state index is -1.86. The lowest BCUT2D eigenvalue weighted by Crippen LogP contribution is -2.51. The van der Waals surface area contributed by atoms with Crippen molar-refractivity contribution in [1.82, 2.24) is 0 Å². The van der Waals surface area contributed by atoms with E-state index in [4.69, 9.17) is 9.16 Å². The zero-order valence-corrected chi connectivity index (χ0v) is 12.4. The first-order valence-corrected chi connectivity index (χ1v) is 9.20. The largest absolute Gasteiger partial charge is 0.460 e. The van der Waals surface area contributed by atoms with Gasteiger partial charge in [-0.05, 0) is 39.3 Å². The van der Waals surface area contributed by atoms with E-state index in [9.17, 15) is 4.79 Å². The molecule has 1 aliphatic rings. The average Bonchev–Trinajstić information content (AvgIpc) is 2.35. The molecule has 0 aromatic heterocycles. The van der Waals surface area contributed by atoms with Crippen LogP contribution in [0.1, 0.15) is 40.0 Å². The van der Waals surface area contributed by atoms with Crippen LogP contribution in [0, 0.1) is 0 Å². The molecule has 3 nitrogen and oxygen atoms in total. The Labute approximate surface area is 105 Å². The topological polar surface area (TPSA) is 35.5 Å². The standard InChI is InChI=1S/C13H24O3Si/c1-5-11(3)13(14)16-12(6-2)17(4)10-8-7-9-15-17/h5,12H,6-10H2,1-4H3. The lowest BCUT2D eigenvalue weighted by molar-refractivity contribution is -0.141. The van der Waals surface area contributed by atoms with Crippen molar-refractivity contribution < 1.29 is 14.0 Å². The number of allylic oxidation sites excluding steroid dienone is 1. The van der Waals surface area contributed by atoms with Crippen LogP contribution in [0.3, 0.4) is 0 Å². The SMILES string of the molecule is CC=C(C)C(=O)OC(CC)[Si]1(C)CCCCO1. The van der Waals surface area contributed by atoms with Crippen molar-refractivity contribution in [2.24, 2.45) is 0 Å². The van der Waals surface area contributed by atoms with Crippen molar-refractivity contribution in [1.29, 1.82) is 0 Å². The molecule has 0 aromatic rings. The second-order valence-corrected chi connectivity index (χ2v) is 8.95. The fraction of sp³-hybridized carbons (Fsp3) is 0.769. The van der Waals surface area contributed by atoms with Gasteiger partial charge in [-0.3, -0.25) is 0 Å². The van der Waals surface area contributed by atoms with Gasteiger partial charge in [-0.25, -0.2) is 4.79 Å². The monoisotopic (exact) mass is 256 g/mol. The summed E-state index contributed by atoms with van der Waals surface area (Å²) in [4.78, 5) is 11.8. The van der Waals surface area contributed by atoms with Gasteiger partial charge in [-0.1, -0.05) is 19.4 Å². The number of hydrogen-bond donors (Lipinski definition) is 0. The van der Waals surface area contributed by atoms with Crippen molar-refractivity contribution in [3.63, 3.8) is 0 Å². The first kappa shape index (κ1) is 14.4. The van der Waals surface area contributed by atoms with Gasteiger partial charge < -0.3 is 9.16 Å². The van der Waals surface area contributed by atoms with Crippen LogP contribution in [0.15, 0.2) is 11.6 Å². The molecule has 2 unspecified atom stereocenters. The third kappa shape index (κ3) is 3.68. The molecule has 1 heterocycles. The van der Waals surface area contributed by atoms with Crippen LogP contribution in [-0.4, -0.2) is 26.6 Å². The first-order chi connectivity index (χ1) is 8.03. The Morgan fingerprint density at radius 3 is 2.71 bits per heavy atom. The number of hydrogen-bond acceptors (Lipinski definition) is 3. The van der Waals surface area contributed by atoms with E-state index in [-0.39, 0.29) is 11.7 Å². The Morgan fingerprint density at radius 1 is 1.53 bits per heavy atom. The minimum Gasteiger partial charge on any atom is -0.460 e. The first-order valence-electron chi connectivity index (χ1n) is 6.51. The predicted molar refractivity (Wildman–Crippen MR) is 71.2 cm³/mol. The summed E-state index contributed by atoms with van der Waals surface area (Å²) in [5.41, 5.74) is 0.669. The van der Waals surface area contributed by atoms with Gasteiger partial charge in [0.05, 0.1) is 0 Å². The molecule has 0 saturated carbocycles. The van der Waals surface area contributed by atoms with Gasteiger partial charge in [0.25, 0.3) is 0 Å². The maximum absolute atomic E-state index is 11.8. The molecule has 0 bridgehead atoms. The molecule has 17 heavy (non-hydrogen) atoms. The van der Waals surface area contributed by atoms with E-state index in [1.54, 1.807) is 13.0 Å². The van der Waals surface area contributed by atoms with Crippen molar-refractivity contribution >= 4 is 14.3 Å². The lowest BCUT2D eigenvalue weighted by Gasteiger charge is -2.37. The molecule has 4 heteroatoms. The minimum absolute atomic E-state index is 0.00907. The summed E-state index contributed by atoms with van der Waals surface area (Å²) in [5, 5.41) is 0. The van der Waals surface area contributed by atoms with Crippen LogP contribution in [-0.2, 0) is 14.0 Å². The fourth-order valence-electron chi connectivity index (χ4n) is 2.19. The molecule has 1 saturated heterocycles. The second-order valence-electron chi connectivity index (χ2n) is 4.89. The molecular formula is C13H24O3Si. The number of carbonyl (C=O) groups is 1. The molecule has 0 N–H and O–H groups in total. The summed E-state index contributed by atoms with van der Waals surface area (Å²) in [6.07, 6.45) is 4.99. The van der Waals surface area contributed by atoms with E-state index >= 15 is 0 Å². The van der Waals surface area contributed by atoms with E-state index in [1.807, 2.05) is 6.92 Å². The average molecular weight is 256 g/mol. The molecule has 0 aliphatic carbocycles. The van der Waals surface area contributed by atoms with Crippen molar-refractivity contribution in [3.05, 3.63) is 11.6 Å². The lowest BCUT2D eigenvalue weighted by atomic mass is 10.3. The molecule has 1 aliphatic heterocycles. The second kappa shape index (κ2) is 6.35. The predicted octanol–water partition coefficient (Wildman–Crippen LogP) is 3.20. The van der Waals surface area contributed by atoms with Gasteiger partial charge in [0.2, 0.25) is 8.32 Å². The van der Waals surface area contributed by atoms with Crippen LogP contribution >= 0.6 is 0 Å². The van der Waals surface area contributed by atoms with Crippen LogP contribution in [0.5, 0.6) is 0 Å². The zero-order valence-electron chi connectivity index (χ0n) is 11.4. The van der Waals surface area contributed by atoms with Gasteiger partial charge in [0, 0.05) is 12.2 Å². The summed E-state index contributed by atoms with van der Waals surface area (Å²) in [6.45, 7) is 8.74. The molecular weight excluding hydrogens is 232 g/mol. The highest BCUT2D eigenvalue weighted by molar-refractivity contribution is 6.74. The Balaban J connectivity index is 2.67. The van der Waals surface area contributed by atoms with E-state index < -0.39 is 8.32 Å². The van der Waals surface area contributed by atoms with Crippen LogP contribution in [0.4, 0.5) is 0 Å². The molecule has 0 amide bonds. The third-order valence-electron chi connectivity index (χ3n) is 3.56. The summed E-state index contributed by atoms with van der Waals surface area (Å²) >= 11 is 0. The summed E-state index contributed by atoms with van der Waals surface area (Å²) in [7, 11) is -1.86. The van der Waals surface area contributed by atoms with E-state index in [2.05, 4.69) is 13.5 Å². The highest BCUT2D eigenvalue weighted by Crippen LogP contribution is 2.28. The Kier molecular flexibility index (Phi) is 5.40. The maximum atomic E-state index is 11.8. The van der Waals surface area contributed by atoms with Crippen molar-refractivity contribution in [3.8, 4) is 0 Å². The number of carbonyl (C=O) groups excluding carboxylic acids is 1. The summed E-state index contributed by atoms with van der Waals surface area (Å²) in [5.74, 6) is -0.192. The van der Waals surface area contributed by atoms with Crippen LogP contribution in [0.2, 0.25) is 12.6 Å². The highest BCUT2D eigenvalue weighted by atomic mass is 28.4. The van der Waals surface area contributed by atoms with E-state index in [1.165, 1.54) is 6.42 Å². The van der Waals surface area contributed by atoms with Crippen molar-refractivity contribution in [2.45, 2.75) is 58.4 Å². The van der Waals surface area contributed by atoms with Gasteiger partial charge in [0.1, 0.15) is 5.73 Å².